The Bertz CT molecular complexity index is 1190. The minimum absolute atomic E-state index is 0.264. The molecule has 2 amide bonds. The van der Waals surface area contributed by atoms with Gasteiger partial charge in [-0.2, -0.15) is 26.3 Å². The van der Waals surface area contributed by atoms with E-state index in [9.17, 15) is 44.7 Å². The lowest BCUT2D eigenvalue weighted by Gasteiger charge is -2.32. The predicted molar refractivity (Wildman–Crippen MR) is 108 cm³/mol. The second-order valence-electron chi connectivity index (χ2n) is 8.16. The third-order valence-electron chi connectivity index (χ3n) is 6.07. The number of carbonyl (C=O) groups is 2. The highest BCUT2D eigenvalue weighted by Gasteiger charge is 2.66. The quantitative estimate of drug-likeness (QED) is 0.525. The summed E-state index contributed by atoms with van der Waals surface area (Å²) in [6.45, 7) is -2.08. The zero-order chi connectivity index (χ0) is 27.2. The van der Waals surface area contributed by atoms with E-state index in [2.05, 4.69) is 10.1 Å². The van der Waals surface area contributed by atoms with Crippen LogP contribution in [0.5, 0.6) is 5.75 Å². The highest BCUT2D eigenvalue weighted by molar-refractivity contribution is 5.98. The zero-order valence-electron chi connectivity index (χ0n) is 18.4. The predicted octanol–water partition coefficient (Wildman–Crippen LogP) is 4.88. The highest BCUT2D eigenvalue weighted by Crippen LogP contribution is 2.55. The van der Waals surface area contributed by atoms with Crippen LogP contribution in [0.2, 0.25) is 0 Å². The first kappa shape index (κ1) is 27.2. The first-order valence-electron chi connectivity index (χ1n) is 10.2. The van der Waals surface area contributed by atoms with Gasteiger partial charge in [0.05, 0.1) is 5.56 Å². The first-order valence-corrected chi connectivity index (χ1v) is 10.2. The molecule has 0 radical (unpaired) electrons. The average Bonchev–Trinajstić information content (AvgIpc) is 3.04. The molecule has 0 unspecified atom stereocenters. The van der Waals surface area contributed by atoms with Gasteiger partial charge in [0.15, 0.2) is 17.2 Å². The number of hydrogen-bond donors (Lipinski definition) is 2. The van der Waals surface area contributed by atoms with Gasteiger partial charge in [-0.05, 0) is 31.2 Å². The number of nitrogens with two attached hydrogens (primary N) is 1. The lowest BCUT2D eigenvalue weighted by atomic mass is 9.77. The molecule has 196 valence electrons. The normalized spacial score (nSPS) is 24.1. The molecule has 3 N–H and O–H groups in total. The van der Waals surface area contributed by atoms with Crippen molar-refractivity contribution in [3.8, 4) is 5.75 Å². The van der Waals surface area contributed by atoms with Gasteiger partial charge in [0, 0.05) is 23.1 Å². The van der Waals surface area contributed by atoms with Crippen LogP contribution in [-0.2, 0) is 9.53 Å². The Kier molecular flexibility index (Phi) is 7.22. The van der Waals surface area contributed by atoms with Crippen molar-refractivity contribution < 1.29 is 54.2 Å². The van der Waals surface area contributed by atoms with Crippen LogP contribution >= 0.6 is 0 Å². The van der Waals surface area contributed by atoms with Gasteiger partial charge >= 0.3 is 12.8 Å². The molecular formula is C22H18F8N2O4. The van der Waals surface area contributed by atoms with E-state index in [0.717, 1.165) is 25.1 Å². The van der Waals surface area contributed by atoms with Crippen LogP contribution in [0, 0.1) is 23.4 Å². The summed E-state index contributed by atoms with van der Waals surface area (Å²) in [6.07, 6.45) is -7.18. The second kappa shape index (κ2) is 9.56. The Hall–Kier alpha value is -3.42. The standard InChI is InChI=1S/C22H18F8N2O4/c1-8-14(10-4-6-13(24)15(25)16(10)35-20(26)27)17(36-21(8,2)22(28,29)30)19(34)32-9-3-5-12(23)11(7-9)18(31)33/h3-8,14,17,20H,1-2H3,(H2,31,33)(H,32,34)/t8-,14-,17-,21-/m0/s1. The van der Waals surface area contributed by atoms with Crippen molar-refractivity contribution in [1.29, 1.82) is 0 Å². The van der Waals surface area contributed by atoms with Crippen LogP contribution in [0.4, 0.5) is 40.8 Å². The number of ether oxygens (including phenoxy) is 2. The molecule has 0 aliphatic carbocycles. The molecule has 0 spiro atoms. The number of primary amides is 1. The van der Waals surface area contributed by atoms with E-state index in [1.165, 1.54) is 0 Å². The Balaban J connectivity index is 2.11. The first-order chi connectivity index (χ1) is 16.6. The minimum Gasteiger partial charge on any atom is -0.431 e. The number of amides is 2. The van der Waals surface area contributed by atoms with Crippen molar-refractivity contribution in [3.63, 3.8) is 0 Å². The molecule has 6 nitrogen and oxygen atoms in total. The van der Waals surface area contributed by atoms with E-state index < -0.39 is 82.5 Å². The molecule has 1 saturated heterocycles. The molecule has 2 aromatic carbocycles. The smallest absolute Gasteiger partial charge is 0.417 e. The number of hydrogen-bond acceptors (Lipinski definition) is 4. The van der Waals surface area contributed by atoms with Crippen LogP contribution < -0.4 is 15.8 Å². The Morgan fingerprint density at radius 3 is 2.28 bits per heavy atom. The van der Waals surface area contributed by atoms with E-state index in [1.807, 2.05) is 0 Å². The molecule has 1 aliphatic heterocycles. The van der Waals surface area contributed by atoms with Crippen LogP contribution in [0.3, 0.4) is 0 Å². The van der Waals surface area contributed by atoms with Crippen molar-refractivity contribution in [2.24, 2.45) is 11.7 Å². The van der Waals surface area contributed by atoms with Gasteiger partial charge in [-0.25, -0.2) is 8.78 Å². The van der Waals surface area contributed by atoms with E-state index in [0.29, 0.717) is 19.1 Å². The van der Waals surface area contributed by atoms with E-state index in [4.69, 9.17) is 10.5 Å². The molecule has 0 aromatic heterocycles. The second-order valence-corrected chi connectivity index (χ2v) is 8.16. The van der Waals surface area contributed by atoms with E-state index >= 15 is 0 Å². The molecular weight excluding hydrogens is 508 g/mol. The van der Waals surface area contributed by atoms with Crippen LogP contribution in [-0.4, -0.2) is 36.3 Å². The summed E-state index contributed by atoms with van der Waals surface area (Å²) in [6, 6.07) is 3.74. The van der Waals surface area contributed by atoms with E-state index in [1.54, 1.807) is 0 Å². The van der Waals surface area contributed by atoms with Crippen LogP contribution in [0.25, 0.3) is 0 Å². The Morgan fingerprint density at radius 1 is 1.11 bits per heavy atom. The van der Waals surface area contributed by atoms with Gasteiger partial charge in [-0.15, -0.1) is 0 Å². The largest absolute Gasteiger partial charge is 0.431 e. The van der Waals surface area contributed by atoms with Gasteiger partial charge in [-0.3, -0.25) is 9.59 Å². The van der Waals surface area contributed by atoms with Crippen molar-refractivity contribution in [2.75, 3.05) is 5.32 Å². The minimum atomic E-state index is -5.09. The number of nitrogens with one attached hydrogen (secondary N) is 1. The molecule has 2 aromatic rings. The summed E-state index contributed by atoms with van der Waals surface area (Å²) in [5.41, 5.74) is 0.424. The van der Waals surface area contributed by atoms with Crippen molar-refractivity contribution in [3.05, 3.63) is 58.9 Å². The molecule has 1 fully saturated rings. The fraction of sp³-hybridized carbons (Fsp3) is 0.364. The summed E-state index contributed by atoms with van der Waals surface area (Å²) in [5.74, 6) is -11.9. The summed E-state index contributed by atoms with van der Waals surface area (Å²) >= 11 is 0. The summed E-state index contributed by atoms with van der Waals surface area (Å²) in [7, 11) is 0. The number of anilines is 1. The fourth-order valence-electron chi connectivity index (χ4n) is 4.05. The maximum absolute atomic E-state index is 14.4. The molecule has 4 atom stereocenters. The van der Waals surface area contributed by atoms with Gasteiger partial charge in [0.2, 0.25) is 5.82 Å². The zero-order valence-corrected chi connectivity index (χ0v) is 18.4. The number of halogens is 8. The van der Waals surface area contributed by atoms with Crippen LogP contribution in [0.15, 0.2) is 30.3 Å². The molecule has 14 heteroatoms. The monoisotopic (exact) mass is 526 g/mol. The van der Waals surface area contributed by atoms with Crippen molar-refractivity contribution in [1.82, 2.24) is 0 Å². The number of rotatable bonds is 6. The Labute approximate surface area is 198 Å². The maximum atomic E-state index is 14.4. The lowest BCUT2D eigenvalue weighted by Crippen LogP contribution is -2.47. The van der Waals surface area contributed by atoms with Gasteiger partial charge in [0.1, 0.15) is 11.9 Å². The average molecular weight is 526 g/mol. The molecule has 3 rings (SSSR count). The number of benzene rings is 2. The highest BCUT2D eigenvalue weighted by atomic mass is 19.4. The SMILES string of the molecule is C[C@H]1[C@@H](c2ccc(F)c(F)c2OC(F)F)[C@@H](C(=O)Nc2ccc(F)c(C(N)=O)c2)O[C@]1(C)C(F)(F)F. The summed E-state index contributed by atoms with van der Waals surface area (Å²) in [5, 5.41) is 2.14. The van der Waals surface area contributed by atoms with Gasteiger partial charge < -0.3 is 20.5 Å². The lowest BCUT2D eigenvalue weighted by molar-refractivity contribution is -0.272. The van der Waals surface area contributed by atoms with Crippen molar-refractivity contribution >= 4 is 17.5 Å². The summed E-state index contributed by atoms with van der Waals surface area (Å²) in [4.78, 5) is 24.4. The third kappa shape index (κ3) is 4.81. The number of carbonyl (C=O) groups excluding carboxylic acids is 2. The van der Waals surface area contributed by atoms with Gasteiger partial charge in [0.25, 0.3) is 11.8 Å². The molecule has 36 heavy (non-hydrogen) atoms. The Morgan fingerprint density at radius 2 is 1.72 bits per heavy atom. The number of alkyl halides is 5. The van der Waals surface area contributed by atoms with Gasteiger partial charge in [-0.1, -0.05) is 13.0 Å². The third-order valence-corrected chi connectivity index (χ3v) is 6.07. The summed E-state index contributed by atoms with van der Waals surface area (Å²) < 4.78 is 119. The molecule has 1 heterocycles. The van der Waals surface area contributed by atoms with E-state index in [-0.39, 0.29) is 5.69 Å². The van der Waals surface area contributed by atoms with Crippen molar-refractivity contribution in [2.45, 2.75) is 44.3 Å². The topological polar surface area (TPSA) is 90.6 Å². The molecule has 1 aliphatic rings. The molecule has 0 bridgehead atoms. The molecule has 0 saturated carbocycles. The van der Waals surface area contributed by atoms with Crippen LogP contribution in [0.1, 0.15) is 35.7 Å². The fourth-order valence-corrected chi connectivity index (χ4v) is 4.05. The maximum Gasteiger partial charge on any atom is 0.417 e.